The van der Waals surface area contributed by atoms with Gasteiger partial charge in [-0.2, -0.15) is 0 Å². The molecular formula is C23H30N4O2S. The van der Waals surface area contributed by atoms with Crippen molar-refractivity contribution < 1.29 is 4.79 Å². The molecule has 160 valence electrons. The van der Waals surface area contributed by atoms with Gasteiger partial charge in [0.2, 0.25) is 5.91 Å². The Kier molecular flexibility index (Phi) is 6.71. The zero-order valence-corrected chi connectivity index (χ0v) is 19.3. The van der Waals surface area contributed by atoms with Gasteiger partial charge in [0, 0.05) is 17.9 Å². The van der Waals surface area contributed by atoms with Gasteiger partial charge in [0.1, 0.15) is 12.1 Å². The highest BCUT2D eigenvalue weighted by molar-refractivity contribution is 7.98. The van der Waals surface area contributed by atoms with E-state index < -0.39 is 0 Å². The summed E-state index contributed by atoms with van der Waals surface area (Å²) >= 11 is 1.46. The van der Waals surface area contributed by atoms with Crippen LogP contribution in [-0.2, 0) is 17.9 Å². The Hall–Kier alpha value is -2.54. The normalized spacial score (nSPS) is 11.6. The molecule has 2 aromatic heterocycles. The summed E-state index contributed by atoms with van der Waals surface area (Å²) < 4.78 is 3.49. The Morgan fingerprint density at radius 1 is 1.17 bits per heavy atom. The maximum Gasteiger partial charge on any atom is 0.278 e. The van der Waals surface area contributed by atoms with Crippen molar-refractivity contribution in [2.45, 2.75) is 58.8 Å². The second-order valence-electron chi connectivity index (χ2n) is 8.34. The van der Waals surface area contributed by atoms with E-state index in [0.29, 0.717) is 34.6 Å². The van der Waals surface area contributed by atoms with Crippen molar-refractivity contribution in [3.05, 3.63) is 51.9 Å². The zero-order valence-electron chi connectivity index (χ0n) is 18.5. The molecule has 0 aliphatic rings. The van der Waals surface area contributed by atoms with E-state index in [4.69, 9.17) is 0 Å². The van der Waals surface area contributed by atoms with Gasteiger partial charge in [-0.25, -0.2) is 4.98 Å². The molecule has 0 bridgehead atoms. The van der Waals surface area contributed by atoms with Crippen LogP contribution in [0.15, 0.2) is 40.3 Å². The molecule has 30 heavy (non-hydrogen) atoms. The summed E-state index contributed by atoms with van der Waals surface area (Å²) in [7, 11) is 0. The lowest BCUT2D eigenvalue weighted by atomic mass is 10.0. The van der Waals surface area contributed by atoms with Crippen LogP contribution >= 0.6 is 11.8 Å². The van der Waals surface area contributed by atoms with Gasteiger partial charge in [0.25, 0.3) is 5.56 Å². The summed E-state index contributed by atoms with van der Waals surface area (Å²) in [5.41, 5.74) is 3.80. The Morgan fingerprint density at radius 2 is 1.90 bits per heavy atom. The maximum atomic E-state index is 13.3. The highest BCUT2D eigenvalue weighted by atomic mass is 32.2. The van der Waals surface area contributed by atoms with Gasteiger partial charge in [-0.1, -0.05) is 51.6 Å². The Labute approximate surface area is 181 Å². The fourth-order valence-corrected chi connectivity index (χ4v) is 4.12. The minimum atomic E-state index is -0.166. The molecule has 0 aliphatic carbocycles. The van der Waals surface area contributed by atoms with Gasteiger partial charge >= 0.3 is 0 Å². The molecule has 1 N–H and O–H groups in total. The van der Waals surface area contributed by atoms with Crippen molar-refractivity contribution in [3.8, 4) is 0 Å². The molecular weight excluding hydrogens is 396 g/mol. The number of benzene rings is 1. The third kappa shape index (κ3) is 4.61. The second-order valence-corrected chi connectivity index (χ2v) is 9.12. The minimum absolute atomic E-state index is 0.0679. The number of aryl methyl sites for hydroxylation is 1. The molecule has 0 saturated carbocycles. The summed E-state index contributed by atoms with van der Waals surface area (Å²) in [6, 6.07) is 9.75. The first-order valence-electron chi connectivity index (χ1n) is 10.3. The number of aromatic nitrogens is 3. The summed E-state index contributed by atoms with van der Waals surface area (Å²) in [6.07, 6.45) is 1.92. The first-order chi connectivity index (χ1) is 14.2. The SMILES string of the molecule is CSc1nc2cc(C)n(CC(=O)Nc3cccc(C(C)C)c3)c2c(=O)n1CC(C)C. The number of amides is 1. The average Bonchev–Trinajstić information content (AvgIpc) is 2.99. The number of fused-ring (bicyclic) bond motifs is 1. The molecule has 7 heteroatoms. The van der Waals surface area contributed by atoms with E-state index in [1.54, 1.807) is 9.13 Å². The largest absolute Gasteiger partial charge is 0.330 e. The second kappa shape index (κ2) is 9.08. The molecule has 0 unspecified atom stereocenters. The van der Waals surface area contributed by atoms with E-state index >= 15 is 0 Å². The number of nitrogens with zero attached hydrogens (tertiary/aromatic N) is 3. The van der Waals surface area contributed by atoms with Gasteiger partial charge in [-0.3, -0.25) is 14.2 Å². The molecule has 0 aliphatic heterocycles. The van der Waals surface area contributed by atoms with Crippen molar-refractivity contribution >= 4 is 34.4 Å². The Balaban J connectivity index is 1.96. The summed E-state index contributed by atoms with van der Waals surface area (Å²) in [5, 5.41) is 3.67. The predicted octanol–water partition coefficient (Wildman–Crippen LogP) is 4.65. The quantitative estimate of drug-likeness (QED) is 0.441. The van der Waals surface area contributed by atoms with Crippen LogP contribution in [0.2, 0.25) is 0 Å². The Morgan fingerprint density at radius 3 is 2.53 bits per heavy atom. The maximum absolute atomic E-state index is 13.3. The molecule has 1 amide bonds. The van der Waals surface area contributed by atoms with Crippen LogP contribution in [0, 0.1) is 12.8 Å². The fourth-order valence-electron chi connectivity index (χ4n) is 3.55. The van der Waals surface area contributed by atoms with E-state index in [-0.39, 0.29) is 18.0 Å². The number of thioether (sulfide) groups is 1. The number of carbonyl (C=O) groups is 1. The molecule has 3 aromatic rings. The van der Waals surface area contributed by atoms with E-state index in [9.17, 15) is 9.59 Å². The summed E-state index contributed by atoms with van der Waals surface area (Å²) in [6.45, 7) is 10.9. The van der Waals surface area contributed by atoms with Gasteiger partial charge in [-0.15, -0.1) is 0 Å². The summed E-state index contributed by atoms with van der Waals surface area (Å²) in [5.74, 6) is 0.530. The molecule has 6 nitrogen and oxygen atoms in total. The average molecular weight is 427 g/mol. The van der Waals surface area contributed by atoms with E-state index in [0.717, 1.165) is 11.4 Å². The number of hydrogen-bond donors (Lipinski definition) is 1. The van der Waals surface area contributed by atoms with Crippen molar-refractivity contribution in [1.29, 1.82) is 0 Å². The van der Waals surface area contributed by atoms with Crippen molar-refractivity contribution in [3.63, 3.8) is 0 Å². The van der Waals surface area contributed by atoms with Crippen LogP contribution in [0.4, 0.5) is 5.69 Å². The number of rotatable bonds is 7. The van der Waals surface area contributed by atoms with Crippen LogP contribution in [-0.4, -0.2) is 26.3 Å². The molecule has 0 atom stereocenters. The van der Waals surface area contributed by atoms with Crippen LogP contribution in [0.25, 0.3) is 11.0 Å². The monoisotopic (exact) mass is 426 g/mol. The third-order valence-electron chi connectivity index (χ3n) is 5.05. The fraction of sp³-hybridized carbons (Fsp3) is 0.435. The van der Waals surface area contributed by atoms with Gasteiger partial charge in [0.05, 0.1) is 5.52 Å². The zero-order chi connectivity index (χ0) is 22.0. The molecule has 0 saturated heterocycles. The van der Waals surface area contributed by atoms with Crippen molar-refractivity contribution in [2.24, 2.45) is 5.92 Å². The molecule has 2 heterocycles. The van der Waals surface area contributed by atoms with Gasteiger partial charge in [0.15, 0.2) is 5.16 Å². The number of carbonyl (C=O) groups excluding carboxylic acids is 1. The lowest BCUT2D eigenvalue weighted by Crippen LogP contribution is -2.28. The molecule has 0 radical (unpaired) electrons. The van der Waals surface area contributed by atoms with Crippen LogP contribution in [0.3, 0.4) is 0 Å². The number of hydrogen-bond acceptors (Lipinski definition) is 4. The van der Waals surface area contributed by atoms with Gasteiger partial charge < -0.3 is 9.88 Å². The molecule has 0 fully saturated rings. The van der Waals surface area contributed by atoms with Crippen LogP contribution in [0.5, 0.6) is 0 Å². The highest BCUT2D eigenvalue weighted by Gasteiger charge is 2.18. The minimum Gasteiger partial charge on any atom is -0.330 e. The van der Waals surface area contributed by atoms with Crippen molar-refractivity contribution in [1.82, 2.24) is 14.1 Å². The predicted molar refractivity (Wildman–Crippen MR) is 125 cm³/mol. The van der Waals surface area contributed by atoms with Crippen molar-refractivity contribution in [2.75, 3.05) is 11.6 Å². The molecule has 3 rings (SSSR count). The Bertz CT molecular complexity index is 1130. The first-order valence-corrected chi connectivity index (χ1v) is 11.5. The van der Waals surface area contributed by atoms with Crippen LogP contribution < -0.4 is 10.9 Å². The first kappa shape index (κ1) is 22.2. The van der Waals surface area contributed by atoms with E-state index in [1.165, 1.54) is 17.3 Å². The van der Waals surface area contributed by atoms with Crippen LogP contribution in [0.1, 0.15) is 44.9 Å². The lowest BCUT2D eigenvalue weighted by molar-refractivity contribution is -0.116. The smallest absolute Gasteiger partial charge is 0.278 e. The standard InChI is InChI=1S/C23H30N4O2S/c1-14(2)12-27-22(29)21-19(25-23(27)30-6)10-16(5)26(21)13-20(28)24-18-9-7-8-17(11-18)15(3)4/h7-11,14-15H,12-13H2,1-6H3,(H,24,28). The highest BCUT2D eigenvalue weighted by Crippen LogP contribution is 2.21. The number of anilines is 1. The van der Waals surface area contributed by atoms with E-state index in [2.05, 4.69) is 44.1 Å². The van der Waals surface area contributed by atoms with Gasteiger partial charge in [-0.05, 0) is 48.8 Å². The van der Waals surface area contributed by atoms with E-state index in [1.807, 2.05) is 37.4 Å². The lowest BCUT2D eigenvalue weighted by Gasteiger charge is -2.14. The third-order valence-corrected chi connectivity index (χ3v) is 5.72. The topological polar surface area (TPSA) is 68.9 Å². The number of nitrogens with one attached hydrogen (secondary N) is 1. The molecule has 1 aromatic carbocycles. The molecule has 0 spiro atoms. The summed E-state index contributed by atoms with van der Waals surface area (Å²) in [4.78, 5) is 30.8.